The molecule has 2 rings (SSSR count). The first-order valence-corrected chi connectivity index (χ1v) is 6.35. The molecule has 0 bridgehead atoms. The second kappa shape index (κ2) is 3.71. The van der Waals surface area contributed by atoms with E-state index in [0.717, 1.165) is 16.9 Å². The maximum absolute atomic E-state index is 10.5. The van der Waals surface area contributed by atoms with Crippen LogP contribution in [0.25, 0.3) is 0 Å². The molecule has 0 amide bonds. The van der Waals surface area contributed by atoms with Crippen molar-refractivity contribution in [1.29, 1.82) is 0 Å². The molecule has 3 nitrogen and oxygen atoms in total. The number of fused-ring (bicyclic) bond motifs is 1. The fourth-order valence-corrected chi connectivity index (χ4v) is 2.40. The van der Waals surface area contributed by atoms with Gasteiger partial charge in [0.15, 0.2) is 0 Å². The van der Waals surface area contributed by atoms with Crippen LogP contribution in [0.4, 0.5) is 0 Å². The van der Waals surface area contributed by atoms with Crippen LogP contribution < -0.4 is 4.74 Å². The summed E-state index contributed by atoms with van der Waals surface area (Å²) in [4.78, 5) is 0. The van der Waals surface area contributed by atoms with Crippen molar-refractivity contribution in [2.24, 2.45) is 0 Å². The van der Waals surface area contributed by atoms with Gasteiger partial charge >= 0.3 is 88.1 Å². The minimum absolute atomic E-state index is 0.0183. The van der Waals surface area contributed by atoms with Gasteiger partial charge in [0.25, 0.3) is 0 Å². The van der Waals surface area contributed by atoms with E-state index < -0.39 is 14.9 Å². The Morgan fingerprint density at radius 1 is 1.64 bits per heavy atom. The molecule has 1 aliphatic rings. The Bertz CT molecular complexity index is 376. The van der Waals surface area contributed by atoms with Crippen LogP contribution in [0.15, 0.2) is 12.1 Å². The summed E-state index contributed by atoms with van der Waals surface area (Å²) in [7, 11) is 0. The summed E-state index contributed by atoms with van der Waals surface area (Å²) in [5.41, 5.74) is 1.83. The van der Waals surface area contributed by atoms with Crippen molar-refractivity contribution in [3.8, 4) is 11.5 Å². The number of phenols is 1. The molecule has 0 spiro atoms. The SMILES string of the molecule is Cc1cc(O)c2c(c1)OC(C[Se]=O)C2. The fraction of sp³-hybridized carbons (Fsp3) is 0.400. The second-order valence-corrected chi connectivity index (χ2v) is 4.68. The van der Waals surface area contributed by atoms with Gasteiger partial charge in [-0.05, 0) is 0 Å². The molecular formula is C10H11O3Se. The number of hydrogen-bond acceptors (Lipinski definition) is 3. The van der Waals surface area contributed by atoms with E-state index in [1.54, 1.807) is 6.07 Å². The van der Waals surface area contributed by atoms with E-state index in [-0.39, 0.29) is 6.10 Å². The van der Waals surface area contributed by atoms with E-state index in [9.17, 15) is 8.94 Å². The number of benzene rings is 1. The van der Waals surface area contributed by atoms with Gasteiger partial charge in [-0.1, -0.05) is 0 Å². The van der Waals surface area contributed by atoms with Crippen LogP contribution in [-0.4, -0.2) is 26.1 Å². The second-order valence-electron chi connectivity index (χ2n) is 3.49. The van der Waals surface area contributed by atoms with Gasteiger partial charge in [0.05, 0.1) is 0 Å². The average molecular weight is 258 g/mol. The summed E-state index contributed by atoms with van der Waals surface area (Å²) in [6.45, 7) is 1.91. The van der Waals surface area contributed by atoms with Crippen molar-refractivity contribution in [2.75, 3.05) is 0 Å². The summed E-state index contributed by atoms with van der Waals surface area (Å²) in [6.07, 6.45) is 0.654. The topological polar surface area (TPSA) is 46.5 Å². The van der Waals surface area contributed by atoms with Crippen molar-refractivity contribution in [1.82, 2.24) is 0 Å². The van der Waals surface area contributed by atoms with Crippen LogP contribution in [0.3, 0.4) is 0 Å². The van der Waals surface area contributed by atoms with Gasteiger partial charge in [-0.15, -0.1) is 0 Å². The number of phenolic OH excluding ortho intramolecular Hbond substituents is 1. The first-order valence-electron chi connectivity index (χ1n) is 4.44. The van der Waals surface area contributed by atoms with Crippen LogP contribution in [0, 0.1) is 6.92 Å². The van der Waals surface area contributed by atoms with E-state index in [1.165, 1.54) is 0 Å². The summed E-state index contributed by atoms with van der Waals surface area (Å²) >= 11 is -0.614. The van der Waals surface area contributed by atoms with Crippen molar-refractivity contribution in [2.45, 2.75) is 24.8 Å². The summed E-state index contributed by atoms with van der Waals surface area (Å²) in [5, 5.41) is 10.2. The van der Waals surface area contributed by atoms with Crippen LogP contribution >= 0.6 is 0 Å². The number of aromatic hydroxyl groups is 1. The molecule has 1 aromatic carbocycles. The zero-order chi connectivity index (χ0) is 10.1. The van der Waals surface area contributed by atoms with E-state index in [2.05, 4.69) is 0 Å². The predicted octanol–water partition coefficient (Wildman–Crippen LogP) is 1.47. The van der Waals surface area contributed by atoms with Gasteiger partial charge in [-0.25, -0.2) is 0 Å². The van der Waals surface area contributed by atoms with Crippen LogP contribution in [-0.2, 0) is 10.3 Å². The molecule has 1 heterocycles. The number of ether oxygens (including phenoxy) is 1. The summed E-state index contributed by atoms with van der Waals surface area (Å²) in [6, 6.07) is 3.64. The van der Waals surface area contributed by atoms with E-state index in [4.69, 9.17) is 4.74 Å². The molecule has 1 unspecified atom stereocenters. The average Bonchev–Trinajstić information content (AvgIpc) is 2.48. The Morgan fingerprint density at radius 3 is 3.14 bits per heavy atom. The molecule has 14 heavy (non-hydrogen) atoms. The number of rotatable bonds is 2. The zero-order valence-electron chi connectivity index (χ0n) is 7.82. The summed E-state index contributed by atoms with van der Waals surface area (Å²) < 4.78 is 16.1. The van der Waals surface area contributed by atoms with Crippen molar-refractivity contribution in [3.05, 3.63) is 23.3 Å². The van der Waals surface area contributed by atoms with Gasteiger partial charge in [-0.3, -0.25) is 0 Å². The molecule has 75 valence electrons. The quantitative estimate of drug-likeness (QED) is 0.817. The molecule has 0 saturated heterocycles. The van der Waals surface area contributed by atoms with Crippen LogP contribution in [0.1, 0.15) is 11.1 Å². The molecular weight excluding hydrogens is 247 g/mol. The first kappa shape index (κ1) is 9.69. The Hall–Kier alpha value is -0.861. The van der Waals surface area contributed by atoms with E-state index in [1.807, 2.05) is 13.0 Å². The number of aryl methyl sites for hydroxylation is 1. The number of hydrogen-bond donors (Lipinski definition) is 1. The maximum atomic E-state index is 10.5. The molecule has 0 fully saturated rings. The minimum atomic E-state index is -0.614. The third-order valence-corrected chi connectivity index (χ3v) is 3.37. The third-order valence-electron chi connectivity index (χ3n) is 2.31. The van der Waals surface area contributed by atoms with E-state index in [0.29, 0.717) is 17.5 Å². The molecule has 4 heteroatoms. The molecule has 0 aliphatic carbocycles. The Labute approximate surface area is 88.4 Å². The molecule has 1 aliphatic heterocycles. The predicted molar refractivity (Wildman–Crippen MR) is 52.2 cm³/mol. The normalized spacial score (nSPS) is 18.8. The molecule has 1 aromatic rings. The van der Waals surface area contributed by atoms with Crippen LogP contribution in [0.2, 0.25) is 5.32 Å². The van der Waals surface area contributed by atoms with Gasteiger partial charge in [0, 0.05) is 0 Å². The first-order chi connectivity index (χ1) is 6.70. The molecule has 1 N–H and O–H groups in total. The molecule has 1 atom stereocenters. The Balaban J connectivity index is 2.30. The van der Waals surface area contributed by atoms with Crippen molar-refractivity contribution >= 4 is 14.9 Å². The fourth-order valence-electron chi connectivity index (χ4n) is 1.69. The van der Waals surface area contributed by atoms with Gasteiger partial charge < -0.3 is 0 Å². The Kier molecular flexibility index (Phi) is 2.57. The standard InChI is InChI=1S/C10H11O3Se/c1-6-2-9(11)8-4-7(5-14-12)13-10(8)3-6/h2-3,7,11H,4-5H2,1H3. The van der Waals surface area contributed by atoms with E-state index >= 15 is 0 Å². The third kappa shape index (κ3) is 1.68. The van der Waals surface area contributed by atoms with Gasteiger partial charge in [-0.2, -0.15) is 0 Å². The van der Waals surface area contributed by atoms with Gasteiger partial charge in [0.2, 0.25) is 0 Å². The van der Waals surface area contributed by atoms with Crippen molar-refractivity contribution in [3.63, 3.8) is 0 Å². The molecule has 0 saturated carbocycles. The van der Waals surface area contributed by atoms with Crippen molar-refractivity contribution < 1.29 is 13.7 Å². The van der Waals surface area contributed by atoms with Crippen LogP contribution in [0.5, 0.6) is 11.5 Å². The molecule has 1 radical (unpaired) electrons. The molecule has 0 aromatic heterocycles. The zero-order valence-corrected chi connectivity index (χ0v) is 9.53. The van der Waals surface area contributed by atoms with Gasteiger partial charge in [0.1, 0.15) is 0 Å². The summed E-state index contributed by atoms with van der Waals surface area (Å²) in [5.74, 6) is 1.04. The Morgan fingerprint density at radius 2 is 2.43 bits per heavy atom. The monoisotopic (exact) mass is 259 g/mol.